The van der Waals surface area contributed by atoms with Crippen molar-refractivity contribution in [2.75, 3.05) is 42.7 Å². The van der Waals surface area contributed by atoms with Gasteiger partial charge in [-0.3, -0.25) is 4.79 Å². The molecule has 0 radical (unpaired) electrons. The highest BCUT2D eigenvalue weighted by molar-refractivity contribution is 5.75. The van der Waals surface area contributed by atoms with Crippen molar-refractivity contribution in [1.82, 2.24) is 19.9 Å². The summed E-state index contributed by atoms with van der Waals surface area (Å²) in [5.41, 5.74) is 7.29. The van der Waals surface area contributed by atoms with E-state index in [1.807, 2.05) is 24.3 Å². The molecule has 2 N–H and O–H groups in total. The molecule has 2 aromatic heterocycles. The number of fused-ring (bicyclic) bond motifs is 1. The van der Waals surface area contributed by atoms with Gasteiger partial charge in [-0.2, -0.15) is 19.9 Å². The maximum absolute atomic E-state index is 12.5. The number of oxazole rings is 1. The van der Waals surface area contributed by atoms with E-state index in [2.05, 4.69) is 24.8 Å². The second-order valence-corrected chi connectivity index (χ2v) is 7.14. The van der Waals surface area contributed by atoms with Crippen LogP contribution in [0, 0.1) is 5.92 Å². The van der Waals surface area contributed by atoms with Gasteiger partial charge in [0.15, 0.2) is 18.0 Å². The number of piperidine rings is 1. The third kappa shape index (κ3) is 4.20. The number of hydrogen-bond donors (Lipinski definition) is 1. The quantitative estimate of drug-likeness (QED) is 0.635. The smallest absolute Gasteiger partial charge is 0.309 e. The maximum atomic E-state index is 12.5. The average Bonchev–Trinajstić information content (AvgIpc) is 3.16. The molecular formula is C19H23N7O3. The number of benzene rings is 1. The zero-order chi connectivity index (χ0) is 20.4. The molecule has 0 bridgehead atoms. The number of carbonyl (C=O) groups excluding carboxylic acids is 1. The first-order valence-electron chi connectivity index (χ1n) is 9.44. The normalized spacial score (nSPS) is 14.9. The van der Waals surface area contributed by atoms with Gasteiger partial charge >= 0.3 is 5.97 Å². The number of hydrogen-bond acceptors (Lipinski definition) is 10. The Morgan fingerprint density at radius 3 is 2.69 bits per heavy atom. The molecule has 0 unspecified atom stereocenters. The fourth-order valence-corrected chi connectivity index (χ4v) is 3.24. The van der Waals surface area contributed by atoms with Gasteiger partial charge < -0.3 is 24.7 Å². The molecule has 0 amide bonds. The zero-order valence-corrected chi connectivity index (χ0v) is 16.4. The largest absolute Gasteiger partial charge is 0.457 e. The van der Waals surface area contributed by atoms with Crippen LogP contribution in [0.4, 0.5) is 17.9 Å². The number of nitrogens with two attached hydrogens (primary N) is 1. The van der Waals surface area contributed by atoms with Crippen LogP contribution in [0.5, 0.6) is 0 Å². The first kappa shape index (κ1) is 18.9. The van der Waals surface area contributed by atoms with Crippen LogP contribution >= 0.6 is 0 Å². The van der Waals surface area contributed by atoms with Crippen molar-refractivity contribution >= 4 is 35.0 Å². The summed E-state index contributed by atoms with van der Waals surface area (Å²) in [5, 5.41) is 0. The van der Waals surface area contributed by atoms with E-state index in [-0.39, 0.29) is 24.4 Å². The van der Waals surface area contributed by atoms with Crippen molar-refractivity contribution in [3.05, 3.63) is 30.1 Å². The van der Waals surface area contributed by atoms with Crippen LogP contribution in [-0.4, -0.2) is 53.1 Å². The van der Waals surface area contributed by atoms with E-state index in [9.17, 15) is 4.79 Å². The molecule has 10 heteroatoms. The molecule has 1 aliphatic heterocycles. The van der Waals surface area contributed by atoms with Crippen molar-refractivity contribution in [2.45, 2.75) is 19.4 Å². The molecule has 3 heterocycles. The number of para-hydroxylation sites is 2. The first-order chi connectivity index (χ1) is 14.0. The number of aromatic nitrogens is 4. The SMILES string of the molecule is CN(C)c1nc(N)nc(COC(=O)C2CCN(c3nc4ccccc4o3)CC2)n1. The Labute approximate surface area is 167 Å². The molecule has 29 heavy (non-hydrogen) atoms. The lowest BCUT2D eigenvalue weighted by Crippen LogP contribution is -2.37. The van der Waals surface area contributed by atoms with E-state index in [0.717, 1.165) is 11.1 Å². The Kier molecular flexibility index (Phi) is 5.15. The Morgan fingerprint density at radius 2 is 1.97 bits per heavy atom. The summed E-state index contributed by atoms with van der Waals surface area (Å²) in [6.45, 7) is 1.32. The van der Waals surface area contributed by atoms with Crippen LogP contribution in [0.15, 0.2) is 28.7 Å². The number of esters is 1. The fourth-order valence-electron chi connectivity index (χ4n) is 3.24. The molecule has 1 fully saturated rings. The second kappa shape index (κ2) is 7.90. The van der Waals surface area contributed by atoms with Gasteiger partial charge in [-0.1, -0.05) is 12.1 Å². The summed E-state index contributed by atoms with van der Waals surface area (Å²) in [5.74, 6) is 0.422. The number of nitrogen functional groups attached to an aromatic ring is 1. The zero-order valence-electron chi connectivity index (χ0n) is 16.4. The molecule has 4 rings (SSSR count). The predicted molar refractivity (Wildman–Crippen MR) is 107 cm³/mol. The van der Waals surface area contributed by atoms with Gasteiger partial charge in [0.1, 0.15) is 5.52 Å². The summed E-state index contributed by atoms with van der Waals surface area (Å²) in [6.07, 6.45) is 1.33. The summed E-state index contributed by atoms with van der Waals surface area (Å²) in [4.78, 5) is 33.0. The van der Waals surface area contributed by atoms with Crippen molar-refractivity contribution in [2.24, 2.45) is 5.92 Å². The van der Waals surface area contributed by atoms with E-state index in [1.54, 1.807) is 19.0 Å². The van der Waals surface area contributed by atoms with Crippen LogP contribution < -0.4 is 15.5 Å². The summed E-state index contributed by atoms with van der Waals surface area (Å²) in [7, 11) is 3.60. The minimum absolute atomic E-state index is 0.0300. The Morgan fingerprint density at radius 1 is 1.21 bits per heavy atom. The molecule has 1 saturated heterocycles. The number of nitrogens with zero attached hydrogens (tertiary/aromatic N) is 6. The molecule has 1 aliphatic rings. The molecule has 10 nitrogen and oxygen atoms in total. The highest BCUT2D eigenvalue weighted by atomic mass is 16.5. The van der Waals surface area contributed by atoms with Crippen molar-refractivity contribution in [3.8, 4) is 0 Å². The van der Waals surface area contributed by atoms with E-state index >= 15 is 0 Å². The first-order valence-corrected chi connectivity index (χ1v) is 9.44. The summed E-state index contributed by atoms with van der Waals surface area (Å²) in [6, 6.07) is 8.25. The lowest BCUT2D eigenvalue weighted by molar-refractivity contribution is -0.150. The number of anilines is 3. The predicted octanol–water partition coefficient (Wildman–Crippen LogP) is 1.62. The number of carbonyl (C=O) groups is 1. The van der Waals surface area contributed by atoms with Gasteiger partial charge in [0.25, 0.3) is 6.01 Å². The van der Waals surface area contributed by atoms with Gasteiger partial charge in [-0.15, -0.1) is 0 Å². The van der Waals surface area contributed by atoms with Gasteiger partial charge in [-0.25, -0.2) is 0 Å². The molecule has 0 saturated carbocycles. The summed E-state index contributed by atoms with van der Waals surface area (Å²) < 4.78 is 11.2. The lowest BCUT2D eigenvalue weighted by Gasteiger charge is -2.29. The second-order valence-electron chi connectivity index (χ2n) is 7.14. The van der Waals surface area contributed by atoms with Gasteiger partial charge in [-0.05, 0) is 25.0 Å². The lowest BCUT2D eigenvalue weighted by atomic mass is 9.97. The Bertz CT molecular complexity index is 979. The highest BCUT2D eigenvalue weighted by Gasteiger charge is 2.28. The van der Waals surface area contributed by atoms with Gasteiger partial charge in [0.2, 0.25) is 11.9 Å². The van der Waals surface area contributed by atoms with Gasteiger partial charge in [0.05, 0.1) is 5.92 Å². The molecule has 152 valence electrons. The molecule has 1 aromatic carbocycles. The topological polar surface area (TPSA) is 124 Å². The highest BCUT2D eigenvalue weighted by Crippen LogP contribution is 2.27. The average molecular weight is 397 g/mol. The standard InChI is InChI=1S/C19H23N7O3/c1-25(2)18-23-15(22-17(20)24-18)11-28-16(27)12-7-9-26(10-8-12)19-21-13-5-3-4-6-14(13)29-19/h3-6,12H,7-11H2,1-2H3,(H2,20,22,23,24). The molecule has 0 aliphatic carbocycles. The van der Waals surface area contributed by atoms with E-state index < -0.39 is 0 Å². The molecule has 3 aromatic rings. The Hall–Kier alpha value is -3.43. The van der Waals surface area contributed by atoms with Crippen LogP contribution in [0.2, 0.25) is 0 Å². The molecular weight excluding hydrogens is 374 g/mol. The van der Waals surface area contributed by atoms with Gasteiger partial charge in [0, 0.05) is 27.2 Å². The van der Waals surface area contributed by atoms with Crippen molar-refractivity contribution in [3.63, 3.8) is 0 Å². The van der Waals surface area contributed by atoms with E-state index in [0.29, 0.717) is 43.7 Å². The van der Waals surface area contributed by atoms with Crippen LogP contribution in [0.3, 0.4) is 0 Å². The van der Waals surface area contributed by atoms with Crippen LogP contribution in [0.1, 0.15) is 18.7 Å². The summed E-state index contributed by atoms with van der Waals surface area (Å²) >= 11 is 0. The van der Waals surface area contributed by atoms with Crippen LogP contribution in [-0.2, 0) is 16.1 Å². The minimum Gasteiger partial charge on any atom is -0.457 e. The molecule has 0 spiro atoms. The Balaban J connectivity index is 1.32. The number of rotatable bonds is 5. The third-order valence-electron chi connectivity index (χ3n) is 4.81. The van der Waals surface area contributed by atoms with Crippen molar-refractivity contribution < 1.29 is 13.9 Å². The van der Waals surface area contributed by atoms with Crippen LogP contribution in [0.25, 0.3) is 11.1 Å². The molecule has 0 atom stereocenters. The van der Waals surface area contributed by atoms with E-state index in [1.165, 1.54) is 0 Å². The minimum atomic E-state index is -0.257. The monoisotopic (exact) mass is 397 g/mol. The fraction of sp³-hybridized carbons (Fsp3) is 0.421. The maximum Gasteiger partial charge on any atom is 0.309 e. The van der Waals surface area contributed by atoms with E-state index in [4.69, 9.17) is 14.9 Å². The third-order valence-corrected chi connectivity index (χ3v) is 4.81. The number of ether oxygens (including phenoxy) is 1. The van der Waals surface area contributed by atoms with Crippen molar-refractivity contribution in [1.29, 1.82) is 0 Å².